The maximum Gasteiger partial charge on any atom is 0.308 e. The third kappa shape index (κ3) is 2.79. The van der Waals surface area contributed by atoms with Crippen LogP contribution in [0.1, 0.15) is 17.3 Å². The van der Waals surface area contributed by atoms with Crippen LogP contribution in [0.5, 0.6) is 0 Å². The molecule has 1 aromatic rings. The number of carbonyl (C=O) groups excluding carboxylic acids is 1. The van der Waals surface area contributed by atoms with Gasteiger partial charge in [-0.3, -0.25) is 14.9 Å². The summed E-state index contributed by atoms with van der Waals surface area (Å²) >= 11 is 0. The molecule has 0 bridgehead atoms. The fourth-order valence-electron chi connectivity index (χ4n) is 1.19. The molecule has 0 fully saturated rings. The van der Waals surface area contributed by atoms with Gasteiger partial charge in [-0.2, -0.15) is 4.39 Å². The molecule has 0 saturated heterocycles. The van der Waals surface area contributed by atoms with Crippen molar-refractivity contribution < 1.29 is 18.5 Å². The van der Waals surface area contributed by atoms with Gasteiger partial charge >= 0.3 is 5.69 Å². The number of amides is 1. The van der Waals surface area contributed by atoms with Crippen molar-refractivity contribution in [2.24, 2.45) is 0 Å². The molecule has 7 heteroatoms. The molecule has 0 saturated carbocycles. The number of carbonyl (C=O) groups is 1. The van der Waals surface area contributed by atoms with E-state index in [-0.39, 0.29) is 0 Å². The number of nitrogens with zero attached hydrogens (tertiary/aromatic N) is 1. The third-order valence-electron chi connectivity index (χ3n) is 2.06. The van der Waals surface area contributed by atoms with Crippen LogP contribution in [0, 0.1) is 34.1 Å². The Hall–Kier alpha value is -2.49. The van der Waals surface area contributed by atoms with Crippen LogP contribution < -0.4 is 5.32 Å². The van der Waals surface area contributed by atoms with E-state index >= 15 is 0 Å². The average molecular weight is 254 g/mol. The van der Waals surface area contributed by atoms with Gasteiger partial charge in [-0.25, -0.2) is 4.39 Å². The monoisotopic (exact) mass is 254 g/mol. The summed E-state index contributed by atoms with van der Waals surface area (Å²) in [5.41, 5.74) is -1.86. The van der Waals surface area contributed by atoms with Crippen molar-refractivity contribution in [1.29, 1.82) is 0 Å². The first-order valence-corrected chi connectivity index (χ1v) is 4.77. The van der Waals surface area contributed by atoms with Crippen LogP contribution in [-0.2, 0) is 0 Å². The first kappa shape index (κ1) is 13.6. The van der Waals surface area contributed by atoms with Crippen molar-refractivity contribution in [2.45, 2.75) is 13.0 Å². The molecule has 0 aliphatic rings. The zero-order valence-corrected chi connectivity index (χ0v) is 9.24. The molecule has 94 valence electrons. The van der Waals surface area contributed by atoms with Crippen LogP contribution >= 0.6 is 0 Å². The lowest BCUT2D eigenvalue weighted by Gasteiger charge is -2.08. The van der Waals surface area contributed by atoms with Gasteiger partial charge in [0.15, 0.2) is 0 Å². The van der Waals surface area contributed by atoms with E-state index in [1.54, 1.807) is 0 Å². The zero-order chi connectivity index (χ0) is 13.9. The molecule has 1 atom stereocenters. The van der Waals surface area contributed by atoms with Crippen molar-refractivity contribution in [3.05, 3.63) is 39.4 Å². The van der Waals surface area contributed by atoms with Gasteiger partial charge in [-0.15, -0.1) is 6.42 Å². The Morgan fingerprint density at radius 3 is 2.67 bits per heavy atom. The lowest BCUT2D eigenvalue weighted by molar-refractivity contribution is -0.387. The number of halogens is 2. The lowest BCUT2D eigenvalue weighted by atomic mass is 10.1. The fourth-order valence-corrected chi connectivity index (χ4v) is 1.19. The number of nitro groups is 1. The topological polar surface area (TPSA) is 72.2 Å². The van der Waals surface area contributed by atoms with Crippen molar-refractivity contribution >= 4 is 11.6 Å². The van der Waals surface area contributed by atoms with Crippen LogP contribution in [0.2, 0.25) is 0 Å². The van der Waals surface area contributed by atoms with Gasteiger partial charge in [0.2, 0.25) is 5.82 Å². The second-order valence-corrected chi connectivity index (χ2v) is 3.41. The maximum atomic E-state index is 13.6. The summed E-state index contributed by atoms with van der Waals surface area (Å²) in [4.78, 5) is 20.9. The summed E-state index contributed by atoms with van der Waals surface area (Å²) in [6, 6.07) is 0.261. The summed E-state index contributed by atoms with van der Waals surface area (Å²) in [6.07, 6.45) is 5.00. The van der Waals surface area contributed by atoms with Gasteiger partial charge in [-0.1, -0.05) is 5.92 Å². The van der Waals surface area contributed by atoms with Gasteiger partial charge in [0.05, 0.1) is 22.6 Å². The molecule has 0 spiro atoms. The smallest absolute Gasteiger partial charge is 0.308 e. The van der Waals surface area contributed by atoms with E-state index < -0.39 is 39.8 Å². The first-order valence-electron chi connectivity index (χ1n) is 4.77. The molecule has 0 aliphatic carbocycles. The number of terminal acetylenes is 1. The normalized spacial score (nSPS) is 11.4. The molecular formula is C11H8F2N2O3. The highest BCUT2D eigenvalue weighted by molar-refractivity contribution is 5.95. The van der Waals surface area contributed by atoms with Crippen LogP contribution in [0.15, 0.2) is 12.1 Å². The Morgan fingerprint density at radius 1 is 1.56 bits per heavy atom. The quantitative estimate of drug-likeness (QED) is 0.506. The van der Waals surface area contributed by atoms with Crippen LogP contribution in [0.3, 0.4) is 0 Å². The molecule has 1 aromatic carbocycles. The highest BCUT2D eigenvalue weighted by atomic mass is 19.1. The van der Waals surface area contributed by atoms with Gasteiger partial charge < -0.3 is 5.32 Å². The standard InChI is InChI=1S/C11H8F2N2O3/c1-3-6(2)14-11(16)8-4-7(12)5-9(10(8)13)15(17)18/h1,4-6H,2H3,(H,14,16). The predicted molar refractivity (Wildman–Crippen MR) is 58.8 cm³/mol. The highest BCUT2D eigenvalue weighted by Crippen LogP contribution is 2.22. The van der Waals surface area contributed by atoms with E-state index in [2.05, 4.69) is 11.2 Å². The lowest BCUT2D eigenvalue weighted by Crippen LogP contribution is -2.32. The Balaban J connectivity index is 3.21. The number of hydrogen-bond acceptors (Lipinski definition) is 3. The molecule has 1 N–H and O–H groups in total. The summed E-state index contributed by atoms with van der Waals surface area (Å²) in [7, 11) is 0. The van der Waals surface area contributed by atoms with E-state index in [9.17, 15) is 23.7 Å². The average Bonchev–Trinajstić information content (AvgIpc) is 2.30. The second kappa shape index (κ2) is 5.23. The van der Waals surface area contributed by atoms with Gasteiger partial charge in [0.1, 0.15) is 5.82 Å². The van der Waals surface area contributed by atoms with Crippen molar-refractivity contribution in [3.63, 3.8) is 0 Å². The molecule has 1 rings (SSSR count). The molecule has 18 heavy (non-hydrogen) atoms. The largest absolute Gasteiger partial charge is 0.339 e. The number of nitrogens with one attached hydrogen (secondary N) is 1. The van der Waals surface area contributed by atoms with E-state index in [0.29, 0.717) is 12.1 Å². The Kier molecular flexibility index (Phi) is 3.94. The van der Waals surface area contributed by atoms with Crippen LogP contribution in [0.25, 0.3) is 0 Å². The first-order chi connectivity index (χ1) is 8.36. The summed E-state index contributed by atoms with van der Waals surface area (Å²) in [5, 5.41) is 12.6. The van der Waals surface area contributed by atoms with Crippen LogP contribution in [-0.4, -0.2) is 16.9 Å². The van der Waals surface area contributed by atoms with Gasteiger partial charge in [0.25, 0.3) is 5.91 Å². The summed E-state index contributed by atoms with van der Waals surface area (Å²) < 4.78 is 26.6. The van der Waals surface area contributed by atoms with E-state index in [4.69, 9.17) is 6.42 Å². The fraction of sp³-hybridized carbons (Fsp3) is 0.182. The molecule has 1 unspecified atom stereocenters. The number of benzene rings is 1. The molecule has 0 aliphatic heterocycles. The summed E-state index contributed by atoms with van der Waals surface area (Å²) in [6.45, 7) is 1.45. The van der Waals surface area contributed by atoms with Crippen molar-refractivity contribution in [3.8, 4) is 12.3 Å². The number of rotatable bonds is 3. The molecular weight excluding hydrogens is 246 g/mol. The van der Waals surface area contributed by atoms with Crippen molar-refractivity contribution in [1.82, 2.24) is 5.32 Å². The SMILES string of the molecule is C#CC(C)NC(=O)c1cc(F)cc([N+](=O)[O-])c1F. The molecule has 0 radical (unpaired) electrons. The Bertz CT molecular complexity index is 552. The predicted octanol–water partition coefficient (Wildman–Crippen LogP) is 1.62. The second-order valence-electron chi connectivity index (χ2n) is 3.41. The number of nitro benzene ring substituents is 1. The molecule has 1 amide bonds. The maximum absolute atomic E-state index is 13.6. The minimum atomic E-state index is -1.40. The molecule has 0 heterocycles. The Morgan fingerprint density at radius 2 is 2.17 bits per heavy atom. The summed E-state index contributed by atoms with van der Waals surface area (Å²) in [5.74, 6) is -1.34. The van der Waals surface area contributed by atoms with Gasteiger partial charge in [0, 0.05) is 0 Å². The zero-order valence-electron chi connectivity index (χ0n) is 9.24. The minimum Gasteiger partial charge on any atom is -0.339 e. The van der Waals surface area contributed by atoms with E-state index in [1.165, 1.54) is 6.92 Å². The number of hydrogen-bond donors (Lipinski definition) is 1. The third-order valence-corrected chi connectivity index (χ3v) is 2.06. The van der Waals surface area contributed by atoms with Gasteiger partial charge in [-0.05, 0) is 13.0 Å². The minimum absolute atomic E-state index is 0.400. The van der Waals surface area contributed by atoms with Crippen molar-refractivity contribution in [2.75, 3.05) is 0 Å². The molecule has 0 aromatic heterocycles. The molecule has 5 nitrogen and oxygen atoms in total. The van der Waals surface area contributed by atoms with E-state index in [0.717, 1.165) is 0 Å². The van der Waals surface area contributed by atoms with E-state index in [1.807, 2.05) is 0 Å². The Labute approximate surface area is 101 Å². The highest BCUT2D eigenvalue weighted by Gasteiger charge is 2.24. The van der Waals surface area contributed by atoms with Crippen LogP contribution in [0.4, 0.5) is 14.5 Å².